The molecule has 86 valence electrons. The summed E-state index contributed by atoms with van der Waals surface area (Å²) in [5, 5.41) is 12.2. The fraction of sp³-hybridized carbons (Fsp3) is 0. The normalized spacial score (nSPS) is 9.94. The molecule has 1 heterocycles. The minimum absolute atomic E-state index is 0.129. The summed E-state index contributed by atoms with van der Waals surface area (Å²) in [7, 11) is 0. The highest BCUT2D eigenvalue weighted by atomic mass is 127. The van der Waals surface area contributed by atoms with E-state index in [0.717, 1.165) is 3.57 Å². The minimum Gasteiger partial charge on any atom is -0.505 e. The van der Waals surface area contributed by atoms with Crippen LogP contribution in [0.15, 0.2) is 42.7 Å². The molecule has 2 rings (SSSR count). The molecule has 5 heteroatoms. The third-order valence-electron chi connectivity index (χ3n) is 2.13. The second kappa shape index (κ2) is 5.13. The molecule has 0 radical (unpaired) electrons. The third-order valence-corrected chi connectivity index (χ3v) is 2.80. The van der Waals surface area contributed by atoms with Gasteiger partial charge in [-0.25, -0.2) is 0 Å². The Morgan fingerprint density at radius 3 is 2.88 bits per heavy atom. The summed E-state index contributed by atoms with van der Waals surface area (Å²) in [6, 6.07) is 8.89. The molecule has 2 aromatic rings. The fourth-order valence-corrected chi connectivity index (χ4v) is 1.89. The van der Waals surface area contributed by atoms with E-state index in [-0.39, 0.29) is 17.2 Å². The van der Waals surface area contributed by atoms with Crippen LogP contribution < -0.4 is 5.32 Å². The predicted molar refractivity (Wildman–Crippen MR) is 73.0 cm³/mol. The summed E-state index contributed by atoms with van der Waals surface area (Å²) >= 11 is 2.16. The molecule has 0 bridgehead atoms. The van der Waals surface area contributed by atoms with Gasteiger partial charge in [-0.1, -0.05) is 6.07 Å². The standard InChI is InChI=1S/C12H9IN2O2/c13-8-2-1-3-9(6-8)15-12(17)10-4-5-14-7-11(10)16/h1-7,16H,(H,15,17). The fourth-order valence-electron chi connectivity index (χ4n) is 1.34. The Hall–Kier alpha value is -1.63. The molecule has 1 aromatic carbocycles. The molecule has 0 aliphatic carbocycles. The smallest absolute Gasteiger partial charge is 0.259 e. The number of hydrogen-bond acceptors (Lipinski definition) is 3. The largest absolute Gasteiger partial charge is 0.505 e. The van der Waals surface area contributed by atoms with Crippen LogP contribution in [0, 0.1) is 3.57 Å². The Balaban J connectivity index is 2.20. The van der Waals surface area contributed by atoms with Gasteiger partial charge in [0.15, 0.2) is 0 Å². The average Bonchev–Trinajstić information content (AvgIpc) is 2.29. The minimum atomic E-state index is -0.355. The van der Waals surface area contributed by atoms with Gasteiger partial charge in [-0.15, -0.1) is 0 Å². The number of carbonyl (C=O) groups is 1. The maximum Gasteiger partial charge on any atom is 0.259 e. The monoisotopic (exact) mass is 340 g/mol. The number of carbonyl (C=O) groups excluding carboxylic acids is 1. The zero-order chi connectivity index (χ0) is 12.3. The predicted octanol–water partition coefficient (Wildman–Crippen LogP) is 2.64. The Morgan fingerprint density at radius 2 is 2.18 bits per heavy atom. The SMILES string of the molecule is O=C(Nc1cccc(I)c1)c1ccncc1O. The topological polar surface area (TPSA) is 62.2 Å². The van der Waals surface area contributed by atoms with Gasteiger partial charge in [0.05, 0.1) is 11.8 Å². The molecule has 0 atom stereocenters. The number of nitrogens with one attached hydrogen (secondary N) is 1. The maximum absolute atomic E-state index is 11.8. The first kappa shape index (κ1) is 11.8. The summed E-state index contributed by atoms with van der Waals surface area (Å²) in [5.74, 6) is -0.484. The van der Waals surface area contributed by atoms with Gasteiger partial charge < -0.3 is 10.4 Å². The van der Waals surface area contributed by atoms with Crippen molar-refractivity contribution in [1.82, 2.24) is 4.98 Å². The third kappa shape index (κ3) is 2.94. The van der Waals surface area contributed by atoms with E-state index in [0.29, 0.717) is 5.69 Å². The van der Waals surface area contributed by atoms with Crippen LogP contribution >= 0.6 is 22.6 Å². The van der Waals surface area contributed by atoms with Crippen LogP contribution in [0.25, 0.3) is 0 Å². The van der Waals surface area contributed by atoms with Gasteiger partial charge in [0.25, 0.3) is 5.91 Å². The molecule has 4 nitrogen and oxygen atoms in total. The molecule has 17 heavy (non-hydrogen) atoms. The summed E-state index contributed by atoms with van der Waals surface area (Å²) in [6.45, 7) is 0. The van der Waals surface area contributed by atoms with E-state index in [1.807, 2.05) is 18.2 Å². The molecular weight excluding hydrogens is 331 g/mol. The van der Waals surface area contributed by atoms with E-state index < -0.39 is 0 Å². The molecule has 0 fully saturated rings. The van der Waals surface area contributed by atoms with E-state index in [1.54, 1.807) is 6.07 Å². The molecule has 0 aliphatic rings. The van der Waals surface area contributed by atoms with E-state index >= 15 is 0 Å². The highest BCUT2D eigenvalue weighted by molar-refractivity contribution is 14.1. The highest BCUT2D eigenvalue weighted by Gasteiger charge is 2.10. The van der Waals surface area contributed by atoms with E-state index in [9.17, 15) is 9.90 Å². The van der Waals surface area contributed by atoms with Gasteiger partial charge in [-0.2, -0.15) is 0 Å². The number of rotatable bonds is 2. The molecule has 2 N–H and O–H groups in total. The second-order valence-electron chi connectivity index (χ2n) is 3.36. The number of nitrogens with zero attached hydrogens (tertiary/aromatic N) is 1. The van der Waals surface area contributed by atoms with E-state index in [2.05, 4.69) is 32.9 Å². The van der Waals surface area contributed by atoms with Gasteiger partial charge in [0.2, 0.25) is 0 Å². The van der Waals surface area contributed by atoms with Gasteiger partial charge in [-0.05, 0) is 46.9 Å². The van der Waals surface area contributed by atoms with Crippen molar-refractivity contribution in [1.29, 1.82) is 0 Å². The van der Waals surface area contributed by atoms with Gasteiger partial charge in [0.1, 0.15) is 5.75 Å². The van der Waals surface area contributed by atoms with Crippen molar-refractivity contribution in [3.8, 4) is 5.75 Å². The van der Waals surface area contributed by atoms with Crippen molar-refractivity contribution in [3.63, 3.8) is 0 Å². The number of aromatic hydroxyl groups is 1. The molecule has 0 unspecified atom stereocenters. The second-order valence-corrected chi connectivity index (χ2v) is 4.60. The van der Waals surface area contributed by atoms with Crippen LogP contribution in [0.3, 0.4) is 0 Å². The van der Waals surface area contributed by atoms with Crippen molar-refractivity contribution in [2.75, 3.05) is 5.32 Å². The van der Waals surface area contributed by atoms with Crippen LogP contribution in [0.1, 0.15) is 10.4 Å². The number of anilines is 1. The van der Waals surface area contributed by atoms with Crippen molar-refractivity contribution >= 4 is 34.2 Å². The first-order chi connectivity index (χ1) is 8.16. The Kier molecular flexibility index (Phi) is 3.58. The molecule has 0 spiro atoms. The Labute approximate surface area is 112 Å². The number of benzene rings is 1. The van der Waals surface area contributed by atoms with Crippen LogP contribution in [0.4, 0.5) is 5.69 Å². The zero-order valence-corrected chi connectivity index (χ0v) is 10.9. The Morgan fingerprint density at radius 1 is 1.35 bits per heavy atom. The lowest BCUT2D eigenvalue weighted by Gasteiger charge is -2.06. The van der Waals surface area contributed by atoms with Crippen molar-refractivity contribution in [2.24, 2.45) is 0 Å². The summed E-state index contributed by atoms with van der Waals surface area (Å²) in [5.41, 5.74) is 0.900. The first-order valence-corrected chi connectivity index (χ1v) is 5.94. The first-order valence-electron chi connectivity index (χ1n) is 4.87. The van der Waals surface area contributed by atoms with Crippen LogP contribution in [0.2, 0.25) is 0 Å². The molecule has 0 aliphatic heterocycles. The molecular formula is C12H9IN2O2. The van der Waals surface area contributed by atoms with E-state index in [4.69, 9.17) is 0 Å². The zero-order valence-electron chi connectivity index (χ0n) is 8.72. The Bertz CT molecular complexity index is 558. The maximum atomic E-state index is 11.8. The quantitative estimate of drug-likeness (QED) is 0.827. The van der Waals surface area contributed by atoms with Crippen LogP contribution in [-0.4, -0.2) is 16.0 Å². The number of hydrogen-bond donors (Lipinski definition) is 2. The molecule has 0 saturated heterocycles. The summed E-state index contributed by atoms with van der Waals surface area (Å²) in [4.78, 5) is 15.6. The van der Waals surface area contributed by atoms with Crippen molar-refractivity contribution < 1.29 is 9.90 Å². The number of aromatic nitrogens is 1. The van der Waals surface area contributed by atoms with Crippen LogP contribution in [-0.2, 0) is 0 Å². The molecule has 1 amide bonds. The van der Waals surface area contributed by atoms with Gasteiger partial charge in [-0.3, -0.25) is 9.78 Å². The molecule has 0 saturated carbocycles. The summed E-state index contributed by atoms with van der Waals surface area (Å²) < 4.78 is 1.03. The highest BCUT2D eigenvalue weighted by Crippen LogP contribution is 2.17. The average molecular weight is 340 g/mol. The van der Waals surface area contributed by atoms with Gasteiger partial charge in [0, 0.05) is 15.5 Å². The van der Waals surface area contributed by atoms with Crippen molar-refractivity contribution in [3.05, 3.63) is 51.9 Å². The van der Waals surface area contributed by atoms with Crippen molar-refractivity contribution in [2.45, 2.75) is 0 Å². The van der Waals surface area contributed by atoms with E-state index in [1.165, 1.54) is 18.5 Å². The number of pyridine rings is 1. The lowest BCUT2D eigenvalue weighted by molar-refractivity contribution is 0.102. The number of amides is 1. The van der Waals surface area contributed by atoms with Gasteiger partial charge >= 0.3 is 0 Å². The lowest BCUT2D eigenvalue weighted by atomic mass is 10.2. The summed E-state index contributed by atoms with van der Waals surface area (Å²) in [6.07, 6.45) is 2.70. The molecule has 1 aromatic heterocycles. The van der Waals surface area contributed by atoms with Crippen LogP contribution in [0.5, 0.6) is 5.75 Å². The lowest BCUT2D eigenvalue weighted by Crippen LogP contribution is -2.12. The number of halogens is 1.